The van der Waals surface area contributed by atoms with Crippen LogP contribution in [-0.2, 0) is 6.42 Å². The van der Waals surface area contributed by atoms with Crippen LogP contribution in [0.4, 0.5) is 10.2 Å². The second kappa shape index (κ2) is 9.12. The van der Waals surface area contributed by atoms with Crippen molar-refractivity contribution < 1.29 is 13.9 Å². The number of hydrogen-bond acceptors (Lipinski definition) is 5. The molecule has 1 saturated heterocycles. The van der Waals surface area contributed by atoms with Crippen LogP contribution in [0.2, 0.25) is 0 Å². The van der Waals surface area contributed by atoms with Gasteiger partial charge < -0.3 is 14.5 Å². The average molecular weight is 420 g/mol. The highest BCUT2D eigenvalue weighted by Gasteiger charge is 2.29. The van der Waals surface area contributed by atoms with Crippen LogP contribution < -0.4 is 9.64 Å². The summed E-state index contributed by atoms with van der Waals surface area (Å²) >= 11 is 0. The maximum atomic E-state index is 13.9. The van der Waals surface area contributed by atoms with Crippen molar-refractivity contribution in [2.45, 2.75) is 26.3 Å². The van der Waals surface area contributed by atoms with E-state index >= 15 is 0 Å². The number of rotatable bonds is 5. The van der Waals surface area contributed by atoms with Gasteiger partial charge in [-0.05, 0) is 43.2 Å². The van der Waals surface area contributed by atoms with Crippen molar-refractivity contribution in [1.29, 1.82) is 0 Å². The fraction of sp³-hybridized carbons (Fsp3) is 0.292. The third kappa shape index (κ3) is 4.66. The van der Waals surface area contributed by atoms with Gasteiger partial charge >= 0.3 is 0 Å². The minimum Gasteiger partial charge on any atom is -0.436 e. The summed E-state index contributed by atoms with van der Waals surface area (Å²) in [4.78, 5) is 25.4. The van der Waals surface area contributed by atoms with Crippen LogP contribution in [0.5, 0.6) is 11.6 Å². The summed E-state index contributed by atoms with van der Waals surface area (Å²) in [5, 5.41) is 0. The molecular formula is C24H25FN4O2. The normalized spacial score (nSPS) is 16.3. The Hall–Kier alpha value is -3.48. The van der Waals surface area contributed by atoms with Gasteiger partial charge in [0.25, 0.3) is 5.91 Å². The highest BCUT2D eigenvalue weighted by Crippen LogP contribution is 2.26. The van der Waals surface area contributed by atoms with Crippen molar-refractivity contribution in [3.8, 4) is 11.6 Å². The van der Waals surface area contributed by atoms with E-state index in [-0.39, 0.29) is 23.6 Å². The number of amides is 1. The number of aromatic nitrogens is 2. The standard InChI is InChI=1S/C24H25FN4O2/c1-3-18-8-10-19(11-9-18)24(30)29-13-12-28(15-17(29)2)22-14-23(27-16-26-22)31-21-7-5-4-6-20(21)25/h4-11,14,16-17H,3,12-13,15H2,1-2H3/t17-/m0/s1. The molecule has 0 spiro atoms. The molecule has 2 aromatic carbocycles. The number of hydrogen-bond donors (Lipinski definition) is 0. The minimum atomic E-state index is -0.449. The summed E-state index contributed by atoms with van der Waals surface area (Å²) in [6, 6.07) is 15.7. The number of piperazine rings is 1. The van der Waals surface area contributed by atoms with Gasteiger partial charge in [0, 0.05) is 37.3 Å². The van der Waals surface area contributed by atoms with Gasteiger partial charge in [0.1, 0.15) is 12.1 Å². The van der Waals surface area contributed by atoms with Crippen LogP contribution in [0, 0.1) is 5.82 Å². The van der Waals surface area contributed by atoms with Gasteiger partial charge in [0.15, 0.2) is 11.6 Å². The Morgan fingerprint density at radius 2 is 1.90 bits per heavy atom. The van der Waals surface area contributed by atoms with Crippen LogP contribution in [0.15, 0.2) is 60.9 Å². The summed E-state index contributed by atoms with van der Waals surface area (Å²) in [6.45, 7) is 5.98. The molecule has 31 heavy (non-hydrogen) atoms. The summed E-state index contributed by atoms with van der Waals surface area (Å²) in [6.07, 6.45) is 2.36. The van der Waals surface area contributed by atoms with E-state index < -0.39 is 5.82 Å². The van der Waals surface area contributed by atoms with E-state index in [2.05, 4.69) is 21.8 Å². The number of ether oxygens (including phenoxy) is 1. The lowest BCUT2D eigenvalue weighted by Gasteiger charge is -2.40. The summed E-state index contributed by atoms with van der Waals surface area (Å²) < 4.78 is 19.5. The maximum absolute atomic E-state index is 13.9. The van der Waals surface area contributed by atoms with Gasteiger partial charge in [-0.2, -0.15) is 0 Å². The number of halogens is 1. The van der Waals surface area contributed by atoms with Gasteiger partial charge in [-0.1, -0.05) is 31.2 Å². The molecule has 2 heterocycles. The van der Waals surface area contributed by atoms with Gasteiger partial charge in [0.05, 0.1) is 0 Å². The predicted octanol–water partition coefficient (Wildman–Crippen LogP) is 4.32. The average Bonchev–Trinajstić information content (AvgIpc) is 2.80. The molecule has 0 radical (unpaired) electrons. The molecule has 160 valence electrons. The van der Waals surface area contributed by atoms with Crippen molar-refractivity contribution in [3.05, 3.63) is 77.9 Å². The van der Waals surface area contributed by atoms with Gasteiger partial charge in [-0.3, -0.25) is 4.79 Å². The molecule has 1 fully saturated rings. The number of aryl methyl sites for hydroxylation is 1. The summed E-state index contributed by atoms with van der Waals surface area (Å²) in [5.74, 6) is 0.673. The zero-order valence-electron chi connectivity index (χ0n) is 17.7. The quantitative estimate of drug-likeness (QED) is 0.615. The second-order valence-corrected chi connectivity index (χ2v) is 7.59. The first-order valence-corrected chi connectivity index (χ1v) is 10.4. The first-order chi connectivity index (χ1) is 15.0. The number of nitrogens with zero attached hydrogens (tertiary/aromatic N) is 4. The molecule has 3 aromatic rings. The van der Waals surface area contributed by atoms with E-state index in [1.807, 2.05) is 36.1 Å². The molecule has 7 heteroatoms. The van der Waals surface area contributed by atoms with Gasteiger partial charge in [0.2, 0.25) is 5.88 Å². The van der Waals surface area contributed by atoms with Crippen LogP contribution in [0.25, 0.3) is 0 Å². The Kier molecular flexibility index (Phi) is 6.11. The van der Waals surface area contributed by atoms with Crippen molar-refractivity contribution in [2.75, 3.05) is 24.5 Å². The Labute approximate surface area is 181 Å². The van der Waals surface area contributed by atoms with E-state index in [9.17, 15) is 9.18 Å². The third-order valence-electron chi connectivity index (χ3n) is 5.50. The minimum absolute atomic E-state index is 0.0120. The van der Waals surface area contributed by atoms with E-state index in [1.165, 1.54) is 18.0 Å². The lowest BCUT2D eigenvalue weighted by Crippen LogP contribution is -2.54. The molecular weight excluding hydrogens is 395 g/mol. The first kappa shape index (κ1) is 20.8. The van der Waals surface area contributed by atoms with Crippen LogP contribution >= 0.6 is 0 Å². The van der Waals surface area contributed by atoms with E-state index in [4.69, 9.17) is 4.74 Å². The number of para-hydroxylation sites is 1. The lowest BCUT2D eigenvalue weighted by molar-refractivity contribution is 0.0673. The highest BCUT2D eigenvalue weighted by molar-refractivity contribution is 5.94. The van der Waals surface area contributed by atoms with Crippen molar-refractivity contribution in [3.63, 3.8) is 0 Å². The second-order valence-electron chi connectivity index (χ2n) is 7.59. The Bertz CT molecular complexity index is 1060. The SMILES string of the molecule is CCc1ccc(C(=O)N2CCN(c3cc(Oc4ccccc4F)ncn3)C[C@@H]2C)cc1. The summed E-state index contributed by atoms with van der Waals surface area (Å²) in [7, 11) is 0. The van der Waals surface area contributed by atoms with E-state index in [0.29, 0.717) is 31.0 Å². The predicted molar refractivity (Wildman–Crippen MR) is 117 cm³/mol. The third-order valence-corrected chi connectivity index (χ3v) is 5.50. The first-order valence-electron chi connectivity index (χ1n) is 10.4. The fourth-order valence-electron chi connectivity index (χ4n) is 3.72. The zero-order valence-corrected chi connectivity index (χ0v) is 17.7. The number of anilines is 1. The molecule has 1 aliphatic rings. The number of benzene rings is 2. The van der Waals surface area contributed by atoms with Crippen molar-refractivity contribution in [1.82, 2.24) is 14.9 Å². The number of carbonyl (C=O) groups is 1. The number of carbonyl (C=O) groups excluding carboxylic acids is 1. The van der Waals surface area contributed by atoms with E-state index in [0.717, 1.165) is 6.42 Å². The van der Waals surface area contributed by atoms with Crippen molar-refractivity contribution >= 4 is 11.7 Å². The molecule has 0 bridgehead atoms. The summed E-state index contributed by atoms with van der Waals surface area (Å²) in [5.41, 5.74) is 1.92. The Morgan fingerprint density at radius 3 is 2.61 bits per heavy atom. The molecule has 1 aliphatic heterocycles. The molecule has 1 aromatic heterocycles. The molecule has 0 saturated carbocycles. The van der Waals surface area contributed by atoms with Crippen molar-refractivity contribution in [2.24, 2.45) is 0 Å². The van der Waals surface area contributed by atoms with Crippen LogP contribution in [-0.4, -0.2) is 46.5 Å². The van der Waals surface area contributed by atoms with Gasteiger partial charge in [-0.15, -0.1) is 0 Å². The maximum Gasteiger partial charge on any atom is 0.254 e. The smallest absolute Gasteiger partial charge is 0.254 e. The molecule has 1 amide bonds. The van der Waals surface area contributed by atoms with E-state index in [1.54, 1.807) is 24.3 Å². The molecule has 0 aliphatic carbocycles. The highest BCUT2D eigenvalue weighted by atomic mass is 19.1. The Morgan fingerprint density at radius 1 is 1.13 bits per heavy atom. The lowest BCUT2D eigenvalue weighted by atomic mass is 10.1. The molecule has 0 N–H and O–H groups in total. The molecule has 4 rings (SSSR count). The van der Waals surface area contributed by atoms with Crippen LogP contribution in [0.1, 0.15) is 29.8 Å². The molecule has 6 nitrogen and oxygen atoms in total. The molecule has 1 atom stereocenters. The van der Waals surface area contributed by atoms with Crippen LogP contribution in [0.3, 0.4) is 0 Å². The fourth-order valence-corrected chi connectivity index (χ4v) is 3.72. The Balaban J connectivity index is 1.43. The zero-order chi connectivity index (χ0) is 21.8. The van der Waals surface area contributed by atoms with Gasteiger partial charge in [-0.25, -0.2) is 14.4 Å². The largest absolute Gasteiger partial charge is 0.436 e. The molecule has 0 unspecified atom stereocenters. The monoisotopic (exact) mass is 420 g/mol. The topological polar surface area (TPSA) is 58.6 Å².